The van der Waals surface area contributed by atoms with Gasteiger partial charge < -0.3 is 14.5 Å². The van der Waals surface area contributed by atoms with Gasteiger partial charge in [-0.3, -0.25) is 9.36 Å². The topological polar surface area (TPSA) is 82.2 Å². The Morgan fingerprint density at radius 2 is 1.94 bits per heavy atom. The number of anilines is 1. The molecule has 2 aromatic carbocycles. The van der Waals surface area contributed by atoms with E-state index in [1.54, 1.807) is 30.5 Å². The maximum absolute atomic E-state index is 12.6. The van der Waals surface area contributed by atoms with E-state index in [0.29, 0.717) is 28.3 Å². The van der Waals surface area contributed by atoms with E-state index in [1.165, 1.54) is 11.8 Å². The zero-order valence-electron chi connectivity index (χ0n) is 18.0. The first-order valence-corrected chi connectivity index (χ1v) is 11.8. The number of furan rings is 1. The molecule has 0 unspecified atom stereocenters. The van der Waals surface area contributed by atoms with Crippen molar-refractivity contribution < 1.29 is 13.9 Å². The number of ether oxygens (including phenoxy) is 1. The number of hydrogen-bond donors (Lipinski definition) is 1. The number of rotatable bonds is 10. The number of amides is 1. The zero-order chi connectivity index (χ0) is 23.0. The summed E-state index contributed by atoms with van der Waals surface area (Å²) in [6.45, 7) is 2.71. The standard InChI is InChI=1S/C24H23ClN4O3S/c1-2-17-6-3-4-8-21(17)26-23(30)16-33-24-28-27-22(29(24)14-20-7-5-13-31-20)15-32-19-11-9-18(25)10-12-19/h3-13H,2,14-16H2,1H3,(H,26,30). The lowest BCUT2D eigenvalue weighted by atomic mass is 10.1. The van der Waals surface area contributed by atoms with Crippen molar-refractivity contribution in [1.82, 2.24) is 14.8 Å². The van der Waals surface area contributed by atoms with Gasteiger partial charge >= 0.3 is 0 Å². The van der Waals surface area contributed by atoms with Gasteiger partial charge in [-0.2, -0.15) is 0 Å². The minimum absolute atomic E-state index is 0.104. The van der Waals surface area contributed by atoms with Crippen molar-refractivity contribution in [3.63, 3.8) is 0 Å². The summed E-state index contributed by atoms with van der Waals surface area (Å²) in [6.07, 6.45) is 2.47. The molecule has 0 fully saturated rings. The number of benzene rings is 2. The summed E-state index contributed by atoms with van der Waals surface area (Å²) in [7, 11) is 0. The molecule has 4 rings (SSSR count). The molecule has 0 aliphatic heterocycles. The molecule has 0 saturated carbocycles. The number of hydrogen-bond acceptors (Lipinski definition) is 6. The van der Waals surface area contributed by atoms with E-state index in [0.717, 1.165) is 23.4 Å². The second kappa shape index (κ2) is 11.1. The van der Waals surface area contributed by atoms with Gasteiger partial charge in [-0.1, -0.05) is 48.5 Å². The molecule has 4 aromatic rings. The van der Waals surface area contributed by atoms with E-state index in [1.807, 2.05) is 41.0 Å². The van der Waals surface area contributed by atoms with Crippen LogP contribution in [0.3, 0.4) is 0 Å². The summed E-state index contributed by atoms with van der Waals surface area (Å²) in [5.74, 6) is 2.15. The predicted molar refractivity (Wildman–Crippen MR) is 129 cm³/mol. The SMILES string of the molecule is CCc1ccccc1NC(=O)CSc1nnc(COc2ccc(Cl)cc2)n1Cc1ccco1. The third-order valence-corrected chi connectivity index (χ3v) is 6.09. The fourth-order valence-corrected chi connectivity index (χ4v) is 4.08. The lowest BCUT2D eigenvalue weighted by molar-refractivity contribution is -0.113. The van der Waals surface area contributed by atoms with Crippen LogP contribution in [-0.2, 0) is 24.4 Å². The summed E-state index contributed by atoms with van der Waals surface area (Å²) >= 11 is 7.25. The van der Waals surface area contributed by atoms with Crippen molar-refractivity contribution in [2.75, 3.05) is 11.1 Å². The molecule has 2 aromatic heterocycles. The van der Waals surface area contributed by atoms with Crippen LogP contribution in [0.25, 0.3) is 0 Å². The number of aryl methyl sites for hydroxylation is 1. The monoisotopic (exact) mass is 482 g/mol. The van der Waals surface area contributed by atoms with E-state index in [4.69, 9.17) is 20.8 Å². The smallest absolute Gasteiger partial charge is 0.234 e. The Bertz CT molecular complexity index is 1190. The Hall–Kier alpha value is -3.23. The largest absolute Gasteiger partial charge is 0.486 e. The minimum atomic E-state index is -0.104. The zero-order valence-corrected chi connectivity index (χ0v) is 19.6. The molecule has 0 radical (unpaired) electrons. The highest BCUT2D eigenvalue weighted by Crippen LogP contribution is 2.22. The van der Waals surface area contributed by atoms with Gasteiger partial charge in [0.05, 0.1) is 18.6 Å². The van der Waals surface area contributed by atoms with Crippen LogP contribution in [0.15, 0.2) is 76.5 Å². The van der Waals surface area contributed by atoms with Crippen LogP contribution in [-0.4, -0.2) is 26.4 Å². The number of halogens is 1. The molecule has 0 aliphatic carbocycles. The molecule has 0 bridgehead atoms. The summed E-state index contributed by atoms with van der Waals surface area (Å²) in [6, 6.07) is 18.6. The predicted octanol–water partition coefficient (Wildman–Crippen LogP) is 5.45. The first kappa shape index (κ1) is 22.9. The van der Waals surface area contributed by atoms with Gasteiger partial charge in [0, 0.05) is 10.7 Å². The van der Waals surface area contributed by atoms with E-state index in [-0.39, 0.29) is 18.3 Å². The third kappa shape index (κ3) is 6.18. The fourth-order valence-electron chi connectivity index (χ4n) is 3.20. The second-order valence-electron chi connectivity index (χ2n) is 7.15. The lowest BCUT2D eigenvalue weighted by Crippen LogP contribution is -2.16. The summed E-state index contributed by atoms with van der Waals surface area (Å²) in [5.41, 5.74) is 1.93. The highest BCUT2D eigenvalue weighted by atomic mass is 35.5. The normalized spacial score (nSPS) is 10.8. The maximum Gasteiger partial charge on any atom is 0.234 e. The first-order chi connectivity index (χ1) is 16.1. The average Bonchev–Trinajstić information content (AvgIpc) is 3.48. The van der Waals surface area contributed by atoms with Gasteiger partial charge in [0.2, 0.25) is 5.91 Å². The molecule has 170 valence electrons. The first-order valence-electron chi connectivity index (χ1n) is 10.5. The van der Waals surface area contributed by atoms with Crippen LogP contribution < -0.4 is 10.1 Å². The van der Waals surface area contributed by atoms with Gasteiger partial charge in [0.25, 0.3) is 0 Å². The molecule has 0 spiro atoms. The Labute approximate surface area is 201 Å². The number of nitrogens with zero attached hydrogens (tertiary/aromatic N) is 3. The van der Waals surface area contributed by atoms with Gasteiger partial charge in [-0.15, -0.1) is 10.2 Å². The fraction of sp³-hybridized carbons (Fsp3) is 0.208. The van der Waals surface area contributed by atoms with E-state index in [2.05, 4.69) is 22.4 Å². The lowest BCUT2D eigenvalue weighted by Gasteiger charge is -2.11. The molecule has 1 N–H and O–H groups in total. The van der Waals surface area contributed by atoms with Crippen molar-refractivity contribution in [2.45, 2.75) is 31.7 Å². The van der Waals surface area contributed by atoms with Crippen LogP contribution in [0, 0.1) is 0 Å². The van der Waals surface area contributed by atoms with Gasteiger partial charge in [0.15, 0.2) is 11.0 Å². The number of aromatic nitrogens is 3. The quantitative estimate of drug-likeness (QED) is 0.303. The third-order valence-electron chi connectivity index (χ3n) is 4.87. The van der Waals surface area contributed by atoms with Crippen molar-refractivity contribution >= 4 is 35.0 Å². The molecule has 2 heterocycles. The van der Waals surface area contributed by atoms with Crippen LogP contribution in [0.5, 0.6) is 5.75 Å². The number of carbonyl (C=O) groups excluding carboxylic acids is 1. The van der Waals surface area contributed by atoms with E-state index >= 15 is 0 Å². The summed E-state index contributed by atoms with van der Waals surface area (Å²) < 4.78 is 13.2. The Morgan fingerprint density at radius 1 is 1.12 bits per heavy atom. The number of para-hydroxylation sites is 1. The van der Waals surface area contributed by atoms with Gasteiger partial charge in [0.1, 0.15) is 18.1 Å². The van der Waals surface area contributed by atoms with Crippen molar-refractivity contribution in [1.29, 1.82) is 0 Å². The van der Waals surface area contributed by atoms with Gasteiger partial charge in [-0.25, -0.2) is 0 Å². The molecule has 33 heavy (non-hydrogen) atoms. The van der Waals surface area contributed by atoms with Gasteiger partial charge in [-0.05, 0) is 54.4 Å². The Kier molecular flexibility index (Phi) is 7.70. The van der Waals surface area contributed by atoms with Crippen LogP contribution in [0.4, 0.5) is 5.69 Å². The molecule has 0 aliphatic rings. The number of carbonyl (C=O) groups is 1. The molecular weight excluding hydrogens is 460 g/mol. The van der Waals surface area contributed by atoms with Crippen LogP contribution in [0.1, 0.15) is 24.1 Å². The van der Waals surface area contributed by atoms with Crippen LogP contribution in [0.2, 0.25) is 5.02 Å². The highest BCUT2D eigenvalue weighted by molar-refractivity contribution is 7.99. The average molecular weight is 483 g/mol. The number of nitrogens with one attached hydrogen (secondary N) is 1. The van der Waals surface area contributed by atoms with Crippen molar-refractivity contribution in [3.8, 4) is 5.75 Å². The Morgan fingerprint density at radius 3 is 2.70 bits per heavy atom. The van der Waals surface area contributed by atoms with Crippen molar-refractivity contribution in [3.05, 3.63) is 89.1 Å². The maximum atomic E-state index is 12.6. The van der Waals surface area contributed by atoms with Crippen molar-refractivity contribution in [2.24, 2.45) is 0 Å². The highest BCUT2D eigenvalue weighted by Gasteiger charge is 2.17. The number of thioether (sulfide) groups is 1. The summed E-state index contributed by atoms with van der Waals surface area (Å²) in [4.78, 5) is 12.6. The van der Waals surface area contributed by atoms with E-state index < -0.39 is 0 Å². The van der Waals surface area contributed by atoms with E-state index in [9.17, 15) is 4.79 Å². The molecule has 0 atom stereocenters. The second-order valence-corrected chi connectivity index (χ2v) is 8.53. The molecular formula is C24H23ClN4O3S. The molecule has 0 saturated heterocycles. The Balaban J connectivity index is 1.45. The molecule has 1 amide bonds. The molecule has 7 nitrogen and oxygen atoms in total. The van der Waals surface area contributed by atoms with Crippen LogP contribution >= 0.6 is 23.4 Å². The summed E-state index contributed by atoms with van der Waals surface area (Å²) in [5, 5.41) is 12.8. The minimum Gasteiger partial charge on any atom is -0.486 e. The molecule has 9 heteroatoms.